The minimum absolute atomic E-state index is 0.0599. The predicted octanol–water partition coefficient (Wildman–Crippen LogP) is 1.59. The summed E-state index contributed by atoms with van der Waals surface area (Å²) in [4.78, 5) is 11.6. The molecule has 1 atom stereocenters. The summed E-state index contributed by atoms with van der Waals surface area (Å²) in [6, 6.07) is 2.69. The van der Waals surface area contributed by atoms with Crippen LogP contribution in [0.2, 0.25) is 0 Å². The first-order valence-corrected chi connectivity index (χ1v) is 5.88. The smallest absolute Gasteiger partial charge is 0.239 e. The topological polar surface area (TPSA) is 64.3 Å². The number of amides is 1. The molecule has 6 heteroatoms. The molecule has 0 saturated carbocycles. The number of rotatable bonds is 5. The van der Waals surface area contributed by atoms with Gasteiger partial charge in [0.05, 0.1) is 11.6 Å². The van der Waals surface area contributed by atoms with Gasteiger partial charge in [-0.3, -0.25) is 4.79 Å². The fourth-order valence-electron chi connectivity index (χ4n) is 1.26. The molecular formula is C13H18F2N2O2. The van der Waals surface area contributed by atoms with Gasteiger partial charge in [0.1, 0.15) is 12.4 Å². The fraction of sp³-hybridized carbons (Fsp3) is 0.462. The van der Waals surface area contributed by atoms with Gasteiger partial charge in [-0.15, -0.1) is 0 Å². The molecule has 0 saturated heterocycles. The van der Waals surface area contributed by atoms with E-state index < -0.39 is 17.2 Å². The number of carbonyl (C=O) groups is 1. The summed E-state index contributed by atoms with van der Waals surface area (Å²) in [6.07, 6.45) is 0. The molecule has 106 valence electrons. The van der Waals surface area contributed by atoms with Gasteiger partial charge in [-0.25, -0.2) is 8.78 Å². The Balaban J connectivity index is 2.50. The van der Waals surface area contributed by atoms with Crippen LogP contribution >= 0.6 is 0 Å². The van der Waals surface area contributed by atoms with Gasteiger partial charge in [0.25, 0.3) is 0 Å². The molecule has 19 heavy (non-hydrogen) atoms. The van der Waals surface area contributed by atoms with E-state index in [0.29, 0.717) is 0 Å². The highest BCUT2D eigenvalue weighted by molar-refractivity contribution is 5.85. The van der Waals surface area contributed by atoms with Crippen LogP contribution in [-0.4, -0.2) is 24.1 Å². The molecule has 0 aliphatic carbocycles. The second-order valence-electron chi connectivity index (χ2n) is 4.98. The first kappa shape index (κ1) is 15.4. The summed E-state index contributed by atoms with van der Waals surface area (Å²) >= 11 is 0. The van der Waals surface area contributed by atoms with Crippen molar-refractivity contribution in [2.75, 3.05) is 6.61 Å². The number of benzene rings is 1. The lowest BCUT2D eigenvalue weighted by Gasteiger charge is -2.22. The van der Waals surface area contributed by atoms with Crippen molar-refractivity contribution in [3.8, 4) is 5.75 Å². The Labute approximate surface area is 110 Å². The maximum absolute atomic E-state index is 13.3. The van der Waals surface area contributed by atoms with E-state index in [1.165, 1.54) is 6.07 Å². The van der Waals surface area contributed by atoms with Gasteiger partial charge in [-0.05, 0) is 32.9 Å². The molecule has 1 rings (SSSR count). The average Bonchev–Trinajstić information content (AvgIpc) is 2.26. The molecule has 3 N–H and O–H groups in total. The lowest BCUT2D eigenvalue weighted by atomic mass is 10.1. The van der Waals surface area contributed by atoms with Crippen molar-refractivity contribution in [2.24, 2.45) is 5.73 Å². The molecule has 1 unspecified atom stereocenters. The van der Waals surface area contributed by atoms with E-state index in [0.717, 1.165) is 12.1 Å². The van der Waals surface area contributed by atoms with Gasteiger partial charge in [0.2, 0.25) is 5.91 Å². The first-order valence-electron chi connectivity index (χ1n) is 5.88. The maximum atomic E-state index is 13.3. The number of hydrogen-bond acceptors (Lipinski definition) is 3. The Morgan fingerprint density at radius 2 is 2.11 bits per heavy atom. The zero-order valence-electron chi connectivity index (χ0n) is 11.2. The van der Waals surface area contributed by atoms with Gasteiger partial charge in [0, 0.05) is 6.07 Å². The number of nitrogens with two attached hydrogens (primary N) is 1. The van der Waals surface area contributed by atoms with Crippen LogP contribution in [0.3, 0.4) is 0 Å². The number of carbonyl (C=O) groups excluding carboxylic acids is 1. The van der Waals surface area contributed by atoms with Crippen molar-refractivity contribution in [1.29, 1.82) is 0 Å². The van der Waals surface area contributed by atoms with E-state index in [9.17, 15) is 13.6 Å². The SMILES string of the molecule is CC(COc1ccc(F)cc1F)NC(=O)C(C)(C)N. The maximum Gasteiger partial charge on any atom is 0.239 e. The molecule has 0 spiro atoms. The van der Waals surface area contributed by atoms with Crippen molar-refractivity contribution < 1.29 is 18.3 Å². The quantitative estimate of drug-likeness (QED) is 0.855. The van der Waals surface area contributed by atoms with Crippen LogP contribution in [0.4, 0.5) is 8.78 Å². The van der Waals surface area contributed by atoms with E-state index in [4.69, 9.17) is 10.5 Å². The van der Waals surface area contributed by atoms with Crippen LogP contribution in [-0.2, 0) is 4.79 Å². The standard InChI is InChI=1S/C13H18F2N2O2/c1-8(17-12(18)13(2,3)16)7-19-11-5-4-9(14)6-10(11)15/h4-6,8H,7,16H2,1-3H3,(H,17,18). The minimum Gasteiger partial charge on any atom is -0.488 e. The first-order chi connectivity index (χ1) is 8.70. The molecule has 0 aliphatic heterocycles. The van der Waals surface area contributed by atoms with Gasteiger partial charge < -0.3 is 15.8 Å². The summed E-state index contributed by atoms with van der Waals surface area (Å²) in [7, 11) is 0. The molecule has 1 amide bonds. The third-order valence-electron chi connectivity index (χ3n) is 2.35. The fourth-order valence-corrected chi connectivity index (χ4v) is 1.26. The van der Waals surface area contributed by atoms with Crippen LogP contribution in [0, 0.1) is 11.6 Å². The highest BCUT2D eigenvalue weighted by Gasteiger charge is 2.23. The summed E-state index contributed by atoms with van der Waals surface area (Å²) < 4.78 is 31.1. The lowest BCUT2D eigenvalue weighted by molar-refractivity contribution is -0.126. The van der Waals surface area contributed by atoms with Crippen LogP contribution in [0.1, 0.15) is 20.8 Å². The monoisotopic (exact) mass is 272 g/mol. The third kappa shape index (κ3) is 4.82. The minimum atomic E-state index is -0.991. The summed E-state index contributed by atoms with van der Waals surface area (Å²) in [5, 5.41) is 2.64. The van der Waals surface area contributed by atoms with E-state index in [2.05, 4.69) is 5.32 Å². The van der Waals surface area contributed by atoms with Gasteiger partial charge in [-0.1, -0.05) is 0 Å². The predicted molar refractivity (Wildman–Crippen MR) is 67.7 cm³/mol. The molecule has 0 radical (unpaired) electrons. The molecule has 1 aromatic carbocycles. The molecule has 4 nitrogen and oxygen atoms in total. The number of halogens is 2. The van der Waals surface area contributed by atoms with Gasteiger partial charge in [0.15, 0.2) is 11.6 Å². The van der Waals surface area contributed by atoms with Crippen molar-refractivity contribution in [1.82, 2.24) is 5.32 Å². The van der Waals surface area contributed by atoms with Crippen molar-refractivity contribution in [3.05, 3.63) is 29.8 Å². The second-order valence-corrected chi connectivity index (χ2v) is 4.98. The average molecular weight is 272 g/mol. The van der Waals surface area contributed by atoms with Crippen LogP contribution in [0.25, 0.3) is 0 Å². The molecule has 0 heterocycles. The van der Waals surface area contributed by atoms with Crippen LogP contribution in [0.5, 0.6) is 5.75 Å². The Morgan fingerprint density at radius 1 is 1.47 bits per heavy atom. The highest BCUT2D eigenvalue weighted by Crippen LogP contribution is 2.17. The van der Waals surface area contributed by atoms with E-state index >= 15 is 0 Å². The number of ether oxygens (including phenoxy) is 1. The Kier molecular flexibility index (Phi) is 4.83. The molecule has 0 fully saturated rings. The Hall–Kier alpha value is -1.69. The van der Waals surface area contributed by atoms with Crippen LogP contribution < -0.4 is 15.8 Å². The van der Waals surface area contributed by atoms with Crippen LogP contribution in [0.15, 0.2) is 18.2 Å². The number of hydrogen-bond donors (Lipinski definition) is 2. The molecule has 1 aromatic rings. The highest BCUT2D eigenvalue weighted by atomic mass is 19.1. The molecule has 0 bridgehead atoms. The molecule has 0 aliphatic rings. The van der Waals surface area contributed by atoms with E-state index in [1.807, 2.05) is 0 Å². The summed E-state index contributed by atoms with van der Waals surface area (Å²) in [5.74, 6) is -1.84. The van der Waals surface area contributed by atoms with Crippen molar-refractivity contribution in [2.45, 2.75) is 32.4 Å². The number of nitrogens with one attached hydrogen (secondary N) is 1. The molecular weight excluding hydrogens is 254 g/mol. The van der Waals surface area contributed by atoms with E-state index in [1.54, 1.807) is 20.8 Å². The zero-order valence-corrected chi connectivity index (χ0v) is 11.2. The lowest BCUT2D eigenvalue weighted by Crippen LogP contribution is -2.52. The summed E-state index contributed by atoms with van der Waals surface area (Å²) in [6.45, 7) is 4.92. The van der Waals surface area contributed by atoms with Crippen molar-refractivity contribution >= 4 is 5.91 Å². The zero-order chi connectivity index (χ0) is 14.6. The summed E-state index contributed by atoms with van der Waals surface area (Å²) in [5.41, 5.74) is 4.63. The third-order valence-corrected chi connectivity index (χ3v) is 2.35. The normalized spacial score (nSPS) is 12.9. The van der Waals surface area contributed by atoms with Crippen molar-refractivity contribution in [3.63, 3.8) is 0 Å². The Bertz CT molecular complexity index is 458. The van der Waals surface area contributed by atoms with Gasteiger partial charge in [-0.2, -0.15) is 0 Å². The second kappa shape index (κ2) is 5.97. The molecule has 0 aromatic heterocycles. The largest absolute Gasteiger partial charge is 0.488 e. The Morgan fingerprint density at radius 3 is 2.63 bits per heavy atom. The van der Waals surface area contributed by atoms with E-state index in [-0.39, 0.29) is 24.3 Å². The van der Waals surface area contributed by atoms with Gasteiger partial charge >= 0.3 is 0 Å².